The molecule has 0 aromatic heterocycles. The number of nitrogens with one attached hydrogen (secondary N) is 2. The molecule has 1 saturated heterocycles. The minimum atomic E-state index is -0.217. The Labute approximate surface area is 100 Å². The van der Waals surface area contributed by atoms with Gasteiger partial charge in [0, 0.05) is 44.8 Å². The van der Waals surface area contributed by atoms with Crippen LogP contribution in [0.25, 0.3) is 0 Å². The maximum absolute atomic E-state index is 11.9. The van der Waals surface area contributed by atoms with E-state index in [1.807, 2.05) is 6.07 Å². The lowest BCUT2D eigenvalue weighted by atomic mass is 10.2. The van der Waals surface area contributed by atoms with Gasteiger partial charge in [0.1, 0.15) is 11.6 Å². The third-order valence-corrected chi connectivity index (χ3v) is 2.43. The average Bonchev–Trinajstić information content (AvgIpc) is 2.35. The number of amides is 1. The Kier molecular flexibility index (Phi) is 5.68. The van der Waals surface area contributed by atoms with Gasteiger partial charge in [-0.2, -0.15) is 5.26 Å². The molecule has 0 aromatic carbocycles. The molecule has 16 heavy (non-hydrogen) atoms. The lowest BCUT2D eigenvalue weighted by Crippen LogP contribution is -2.46. The molecule has 1 fully saturated rings. The molecule has 5 nitrogen and oxygen atoms in total. The molecule has 0 aliphatic carbocycles. The van der Waals surface area contributed by atoms with Gasteiger partial charge in [-0.15, -0.1) is 11.6 Å². The Morgan fingerprint density at radius 3 is 2.81 bits per heavy atom. The normalized spacial score (nSPS) is 16.8. The molecule has 1 rings (SSSR count). The van der Waals surface area contributed by atoms with Crippen LogP contribution in [0.15, 0.2) is 11.8 Å². The number of nitrogens with zero attached hydrogens (tertiary/aromatic N) is 2. The van der Waals surface area contributed by atoms with Crippen LogP contribution < -0.4 is 10.6 Å². The number of piperazine rings is 1. The van der Waals surface area contributed by atoms with Gasteiger partial charge in [-0.05, 0) is 0 Å². The lowest BCUT2D eigenvalue weighted by molar-refractivity contribution is -0.127. The number of rotatable bonds is 4. The van der Waals surface area contributed by atoms with Crippen LogP contribution in [-0.2, 0) is 4.79 Å². The molecular weight excluding hydrogens is 228 g/mol. The topological polar surface area (TPSA) is 68.2 Å². The van der Waals surface area contributed by atoms with E-state index in [-0.39, 0.29) is 11.5 Å². The van der Waals surface area contributed by atoms with Gasteiger partial charge in [-0.1, -0.05) is 0 Å². The molecule has 1 aliphatic heterocycles. The van der Waals surface area contributed by atoms with Crippen LogP contribution in [0.3, 0.4) is 0 Å². The first-order valence-corrected chi connectivity index (χ1v) is 5.72. The van der Waals surface area contributed by atoms with Crippen molar-refractivity contribution in [1.82, 2.24) is 15.5 Å². The molecule has 0 unspecified atom stereocenters. The summed E-state index contributed by atoms with van der Waals surface area (Å²) in [6.07, 6.45) is 1.44. The molecular formula is C10H15ClN4O. The zero-order valence-electron chi connectivity index (χ0n) is 9.00. The van der Waals surface area contributed by atoms with E-state index in [0.717, 1.165) is 13.1 Å². The highest BCUT2D eigenvalue weighted by Gasteiger charge is 2.19. The van der Waals surface area contributed by atoms with Crippen LogP contribution in [0.4, 0.5) is 0 Å². The van der Waals surface area contributed by atoms with Crippen molar-refractivity contribution in [3.8, 4) is 6.07 Å². The fourth-order valence-corrected chi connectivity index (χ4v) is 1.52. The molecule has 0 saturated carbocycles. The molecule has 88 valence electrons. The van der Waals surface area contributed by atoms with Gasteiger partial charge in [0.2, 0.25) is 0 Å². The second-order valence-corrected chi connectivity index (χ2v) is 3.73. The number of carbonyl (C=O) groups is 1. The Morgan fingerprint density at radius 1 is 1.56 bits per heavy atom. The minimum absolute atomic E-state index is 0.131. The summed E-state index contributed by atoms with van der Waals surface area (Å²) in [6, 6.07) is 1.90. The Balaban J connectivity index is 2.54. The highest BCUT2D eigenvalue weighted by Crippen LogP contribution is 2.01. The molecule has 0 atom stereocenters. The highest BCUT2D eigenvalue weighted by molar-refractivity contribution is 6.18. The van der Waals surface area contributed by atoms with Crippen molar-refractivity contribution in [3.05, 3.63) is 11.8 Å². The number of hydrogen-bond donors (Lipinski definition) is 2. The second-order valence-electron chi connectivity index (χ2n) is 3.36. The van der Waals surface area contributed by atoms with E-state index in [4.69, 9.17) is 16.9 Å². The summed E-state index contributed by atoms with van der Waals surface area (Å²) in [6.45, 7) is 3.39. The molecule has 1 aliphatic rings. The molecule has 0 spiro atoms. The molecule has 0 aromatic rings. The SMILES string of the molecule is N#C/C(=C/NCCCl)C(=O)N1CCNCC1. The summed E-state index contributed by atoms with van der Waals surface area (Å²) >= 11 is 5.48. The first-order valence-electron chi connectivity index (χ1n) is 5.19. The average molecular weight is 243 g/mol. The number of hydrogen-bond acceptors (Lipinski definition) is 4. The van der Waals surface area contributed by atoms with Gasteiger partial charge in [-0.25, -0.2) is 0 Å². The van der Waals surface area contributed by atoms with Crippen molar-refractivity contribution in [2.24, 2.45) is 0 Å². The van der Waals surface area contributed by atoms with Crippen molar-refractivity contribution in [2.45, 2.75) is 0 Å². The third-order valence-electron chi connectivity index (χ3n) is 2.24. The van der Waals surface area contributed by atoms with Crippen molar-refractivity contribution >= 4 is 17.5 Å². The molecule has 0 bridgehead atoms. The predicted molar refractivity (Wildman–Crippen MR) is 61.9 cm³/mol. The number of carbonyl (C=O) groups excluding carboxylic acids is 1. The van der Waals surface area contributed by atoms with Crippen LogP contribution in [0.5, 0.6) is 0 Å². The van der Waals surface area contributed by atoms with E-state index < -0.39 is 0 Å². The van der Waals surface area contributed by atoms with Gasteiger partial charge < -0.3 is 15.5 Å². The summed E-state index contributed by atoms with van der Waals surface area (Å²) in [7, 11) is 0. The Morgan fingerprint density at radius 2 is 2.25 bits per heavy atom. The van der Waals surface area contributed by atoms with Gasteiger partial charge in [0.05, 0.1) is 0 Å². The zero-order valence-corrected chi connectivity index (χ0v) is 9.76. The van der Waals surface area contributed by atoms with Gasteiger partial charge >= 0.3 is 0 Å². The van der Waals surface area contributed by atoms with Crippen LogP contribution >= 0.6 is 11.6 Å². The smallest absolute Gasteiger partial charge is 0.266 e. The maximum Gasteiger partial charge on any atom is 0.266 e. The zero-order chi connectivity index (χ0) is 11.8. The summed E-state index contributed by atoms with van der Waals surface area (Å²) in [5, 5.41) is 14.8. The highest BCUT2D eigenvalue weighted by atomic mass is 35.5. The largest absolute Gasteiger partial charge is 0.388 e. The molecule has 2 N–H and O–H groups in total. The summed E-state index contributed by atoms with van der Waals surface area (Å²) < 4.78 is 0. The van der Waals surface area contributed by atoms with Crippen molar-refractivity contribution in [3.63, 3.8) is 0 Å². The number of nitriles is 1. The van der Waals surface area contributed by atoms with E-state index in [2.05, 4.69) is 10.6 Å². The third kappa shape index (κ3) is 3.72. The van der Waals surface area contributed by atoms with Crippen molar-refractivity contribution < 1.29 is 4.79 Å². The summed E-state index contributed by atoms with van der Waals surface area (Å²) in [5.74, 6) is 0.225. The lowest BCUT2D eigenvalue weighted by Gasteiger charge is -2.27. The van der Waals surface area contributed by atoms with E-state index in [0.29, 0.717) is 25.5 Å². The second kappa shape index (κ2) is 7.09. The first kappa shape index (κ1) is 12.8. The molecule has 0 radical (unpaired) electrons. The van der Waals surface area contributed by atoms with E-state index in [9.17, 15) is 4.79 Å². The number of halogens is 1. The van der Waals surface area contributed by atoms with E-state index in [1.54, 1.807) is 4.90 Å². The standard InChI is InChI=1S/C10H15ClN4O/c11-1-2-14-8-9(7-12)10(16)15-5-3-13-4-6-15/h8,13-14H,1-6H2/b9-8-. The quantitative estimate of drug-likeness (QED) is 0.306. The van der Waals surface area contributed by atoms with E-state index in [1.165, 1.54) is 6.20 Å². The monoisotopic (exact) mass is 242 g/mol. The van der Waals surface area contributed by atoms with Crippen LogP contribution in [0, 0.1) is 11.3 Å². The Hall–Kier alpha value is -1.25. The van der Waals surface area contributed by atoms with Crippen molar-refractivity contribution in [2.75, 3.05) is 38.6 Å². The van der Waals surface area contributed by atoms with Crippen LogP contribution in [0.2, 0.25) is 0 Å². The van der Waals surface area contributed by atoms with E-state index >= 15 is 0 Å². The summed E-state index contributed by atoms with van der Waals surface area (Å²) in [4.78, 5) is 13.5. The fraction of sp³-hybridized carbons (Fsp3) is 0.600. The van der Waals surface area contributed by atoms with Gasteiger partial charge in [0.15, 0.2) is 0 Å². The molecule has 6 heteroatoms. The first-order chi connectivity index (χ1) is 7.79. The molecule has 1 amide bonds. The minimum Gasteiger partial charge on any atom is -0.388 e. The van der Waals surface area contributed by atoms with Gasteiger partial charge in [-0.3, -0.25) is 4.79 Å². The maximum atomic E-state index is 11.9. The predicted octanol–water partition coefficient (Wildman–Crippen LogP) is -0.346. The summed E-state index contributed by atoms with van der Waals surface area (Å²) in [5.41, 5.74) is 0.131. The number of alkyl halides is 1. The van der Waals surface area contributed by atoms with Crippen molar-refractivity contribution in [1.29, 1.82) is 5.26 Å². The van der Waals surface area contributed by atoms with Gasteiger partial charge in [0.25, 0.3) is 5.91 Å². The van der Waals surface area contributed by atoms with Crippen LogP contribution in [0.1, 0.15) is 0 Å². The van der Waals surface area contributed by atoms with Crippen LogP contribution in [-0.4, -0.2) is 49.4 Å². The molecule has 1 heterocycles. The Bertz CT molecular complexity index is 304. The fourth-order valence-electron chi connectivity index (χ4n) is 1.41.